The number of benzene rings is 5. The number of likely N-dealkylation sites (tertiary alicyclic amines) is 1. The van der Waals surface area contributed by atoms with Crippen LogP contribution in [0.2, 0.25) is 0 Å². The minimum absolute atomic E-state index is 0.196. The van der Waals surface area contributed by atoms with Crippen LogP contribution in [-0.2, 0) is 19.8 Å². The average molecular weight is 641 g/mol. The van der Waals surface area contributed by atoms with Crippen LogP contribution in [-0.4, -0.2) is 42.4 Å². The summed E-state index contributed by atoms with van der Waals surface area (Å²) in [5.74, 6) is 2.73. The first-order valence-electron chi connectivity index (χ1n) is 16.7. The molecule has 5 aromatic carbocycles. The first-order valence-corrected chi connectivity index (χ1v) is 16.7. The molecule has 1 fully saturated rings. The molecule has 0 spiro atoms. The summed E-state index contributed by atoms with van der Waals surface area (Å²) in [4.78, 5) is 2.24. The van der Waals surface area contributed by atoms with Crippen molar-refractivity contribution in [1.29, 1.82) is 0 Å². The van der Waals surface area contributed by atoms with E-state index in [1.54, 1.807) is 0 Å². The minimum atomic E-state index is -0.228. The van der Waals surface area contributed by atoms with Gasteiger partial charge in [0.1, 0.15) is 37.1 Å². The fraction of sp³-hybridized carbons (Fsp3) is 0.238. The maximum absolute atomic E-state index is 12.7. The van der Waals surface area contributed by atoms with Gasteiger partial charge >= 0.3 is 0 Å². The minimum Gasteiger partial charge on any atom is -0.492 e. The van der Waals surface area contributed by atoms with Crippen molar-refractivity contribution < 1.29 is 18.6 Å². The molecule has 5 nitrogen and oxygen atoms in total. The van der Waals surface area contributed by atoms with Gasteiger partial charge in [0.15, 0.2) is 0 Å². The Morgan fingerprint density at radius 2 is 1.23 bits per heavy atom. The predicted molar refractivity (Wildman–Crippen MR) is 191 cm³/mol. The number of aromatic nitrogens is 1. The molecule has 0 amide bonds. The number of aryl methyl sites for hydroxylation is 1. The van der Waals surface area contributed by atoms with E-state index in [0.717, 1.165) is 59.1 Å². The maximum Gasteiger partial charge on any atom is 0.120 e. The zero-order chi connectivity index (χ0) is 32.7. The molecule has 1 aliphatic rings. The van der Waals surface area contributed by atoms with Gasteiger partial charge in [-0.2, -0.15) is 0 Å². The van der Waals surface area contributed by atoms with E-state index in [0.29, 0.717) is 26.4 Å². The summed E-state index contributed by atoms with van der Waals surface area (Å²) in [5.41, 5.74) is 8.11. The van der Waals surface area contributed by atoms with E-state index in [4.69, 9.17) is 14.2 Å². The Kier molecular flexibility index (Phi) is 9.71. The van der Waals surface area contributed by atoms with Crippen LogP contribution in [0, 0.1) is 12.8 Å². The Labute approximate surface area is 282 Å². The van der Waals surface area contributed by atoms with Crippen LogP contribution in [0.5, 0.6) is 17.2 Å². The summed E-state index contributed by atoms with van der Waals surface area (Å²) in [6.45, 7) is 6.80. The third-order valence-corrected chi connectivity index (χ3v) is 9.10. The van der Waals surface area contributed by atoms with Crippen molar-refractivity contribution in [2.75, 3.05) is 32.9 Å². The van der Waals surface area contributed by atoms with Gasteiger partial charge in [-0.25, -0.2) is 0 Å². The highest BCUT2D eigenvalue weighted by atomic mass is 19.1. The highest BCUT2D eigenvalue weighted by Crippen LogP contribution is 2.37. The molecule has 0 N–H and O–H groups in total. The summed E-state index contributed by atoms with van der Waals surface area (Å²) in [6, 6.07) is 43.6. The van der Waals surface area contributed by atoms with E-state index in [9.17, 15) is 4.39 Å². The maximum atomic E-state index is 12.7. The van der Waals surface area contributed by atoms with Crippen molar-refractivity contribution in [3.8, 4) is 28.5 Å². The molecule has 48 heavy (non-hydrogen) atoms. The molecule has 0 atom stereocenters. The Morgan fingerprint density at radius 3 is 1.88 bits per heavy atom. The second-order valence-electron chi connectivity index (χ2n) is 12.6. The molecule has 0 aliphatic carbocycles. The lowest BCUT2D eigenvalue weighted by Crippen LogP contribution is -2.49. The lowest BCUT2D eigenvalue weighted by molar-refractivity contribution is 0.0668. The van der Waals surface area contributed by atoms with Crippen molar-refractivity contribution in [2.45, 2.75) is 26.7 Å². The van der Waals surface area contributed by atoms with Crippen LogP contribution >= 0.6 is 0 Å². The molecule has 0 unspecified atom stereocenters. The third-order valence-electron chi connectivity index (χ3n) is 9.10. The third kappa shape index (κ3) is 7.40. The van der Waals surface area contributed by atoms with E-state index in [1.807, 2.05) is 48.5 Å². The molecule has 0 radical (unpaired) electrons. The number of halogens is 1. The van der Waals surface area contributed by atoms with Gasteiger partial charge < -0.3 is 18.8 Å². The van der Waals surface area contributed by atoms with Crippen LogP contribution < -0.4 is 14.2 Å². The molecule has 1 saturated heterocycles. The van der Waals surface area contributed by atoms with E-state index in [2.05, 4.69) is 95.3 Å². The number of rotatable bonds is 14. The largest absolute Gasteiger partial charge is 0.492 e. The van der Waals surface area contributed by atoms with Crippen molar-refractivity contribution >= 4 is 10.9 Å². The van der Waals surface area contributed by atoms with Gasteiger partial charge in [-0.3, -0.25) is 9.29 Å². The molecule has 7 rings (SSSR count). The van der Waals surface area contributed by atoms with Crippen molar-refractivity contribution in [3.05, 3.63) is 150 Å². The molecule has 1 aromatic heterocycles. The number of hydrogen-bond acceptors (Lipinski definition) is 4. The molecule has 0 bridgehead atoms. The van der Waals surface area contributed by atoms with E-state index in [1.165, 1.54) is 22.2 Å². The summed E-state index contributed by atoms with van der Waals surface area (Å²) in [7, 11) is 0. The molecular formula is C42H41FN2O3. The van der Waals surface area contributed by atoms with Crippen LogP contribution in [0.4, 0.5) is 4.39 Å². The van der Waals surface area contributed by atoms with Gasteiger partial charge in [-0.05, 0) is 89.3 Å². The zero-order valence-corrected chi connectivity index (χ0v) is 27.4. The van der Waals surface area contributed by atoms with Gasteiger partial charge in [0, 0.05) is 43.0 Å². The Hall–Kier alpha value is -5.07. The second-order valence-corrected chi connectivity index (χ2v) is 12.6. The molecule has 6 heteroatoms. The first kappa shape index (κ1) is 31.5. The van der Waals surface area contributed by atoms with Crippen molar-refractivity contribution in [3.63, 3.8) is 0 Å². The molecule has 1 aliphatic heterocycles. The fourth-order valence-corrected chi connectivity index (χ4v) is 6.44. The summed E-state index contributed by atoms with van der Waals surface area (Å²) in [6.07, 6.45) is 0. The van der Waals surface area contributed by atoms with E-state index >= 15 is 0 Å². The van der Waals surface area contributed by atoms with Crippen LogP contribution in [0.25, 0.3) is 22.2 Å². The summed E-state index contributed by atoms with van der Waals surface area (Å²) >= 11 is 0. The lowest BCUT2D eigenvalue weighted by Gasteiger charge is -2.37. The van der Waals surface area contributed by atoms with Gasteiger partial charge in [-0.15, -0.1) is 0 Å². The number of hydrogen-bond donors (Lipinski definition) is 0. The van der Waals surface area contributed by atoms with Crippen LogP contribution in [0.3, 0.4) is 0 Å². The number of fused-ring (bicyclic) bond motifs is 1. The standard InChI is InChI=1S/C42H41FN2O3/c1-31-40-24-39(48-30-34-10-6-3-7-11-34)20-21-41(40)45(28-32-12-16-37(17-13-32)46-23-22-44-26-35(25-43)27-44)42(31)36-14-18-38(19-15-36)47-29-33-8-4-2-5-9-33/h2-21,24,35H,22-23,25-30H2,1H3. The van der Waals surface area contributed by atoms with Gasteiger partial charge in [-0.1, -0.05) is 72.8 Å². The quantitative estimate of drug-likeness (QED) is 0.119. The van der Waals surface area contributed by atoms with Crippen LogP contribution in [0.15, 0.2) is 127 Å². The number of alkyl halides is 1. The van der Waals surface area contributed by atoms with Gasteiger partial charge in [0.05, 0.1) is 12.4 Å². The fourth-order valence-electron chi connectivity index (χ4n) is 6.44. The van der Waals surface area contributed by atoms with Gasteiger partial charge in [0.25, 0.3) is 0 Å². The Morgan fingerprint density at radius 1 is 0.646 bits per heavy atom. The monoisotopic (exact) mass is 640 g/mol. The predicted octanol–water partition coefficient (Wildman–Crippen LogP) is 9.10. The zero-order valence-electron chi connectivity index (χ0n) is 27.4. The normalized spacial score (nSPS) is 13.4. The highest BCUT2D eigenvalue weighted by Gasteiger charge is 2.25. The molecule has 0 saturated carbocycles. The van der Waals surface area contributed by atoms with Crippen molar-refractivity contribution in [1.82, 2.24) is 9.47 Å². The SMILES string of the molecule is Cc1c(-c2ccc(OCc3ccccc3)cc2)n(Cc2ccc(OCCN3CC(CF)C3)cc2)c2ccc(OCc3ccccc3)cc12. The lowest BCUT2D eigenvalue weighted by atomic mass is 10.0. The second kappa shape index (κ2) is 14.8. The van der Waals surface area contributed by atoms with Crippen LogP contribution in [0.1, 0.15) is 22.3 Å². The Bertz CT molecular complexity index is 1920. The van der Waals surface area contributed by atoms with E-state index < -0.39 is 0 Å². The van der Waals surface area contributed by atoms with E-state index in [-0.39, 0.29) is 12.6 Å². The smallest absolute Gasteiger partial charge is 0.120 e. The Balaban J connectivity index is 1.12. The van der Waals surface area contributed by atoms with Crippen molar-refractivity contribution in [2.24, 2.45) is 5.92 Å². The summed E-state index contributed by atoms with van der Waals surface area (Å²) in [5, 5.41) is 1.17. The number of ether oxygens (including phenoxy) is 3. The summed E-state index contributed by atoms with van der Waals surface area (Å²) < 4.78 is 33.5. The van der Waals surface area contributed by atoms with Gasteiger partial charge in [0.2, 0.25) is 0 Å². The number of nitrogens with zero attached hydrogens (tertiary/aromatic N) is 2. The molecular weight excluding hydrogens is 599 g/mol. The topological polar surface area (TPSA) is 35.9 Å². The first-order chi connectivity index (χ1) is 23.6. The average Bonchev–Trinajstić information content (AvgIpc) is 3.39. The molecule has 244 valence electrons. The molecule has 6 aromatic rings. The molecule has 2 heterocycles. The highest BCUT2D eigenvalue weighted by molar-refractivity contribution is 5.92.